The molecular weight excluding hydrogens is 274 g/mol. The molecule has 0 fully saturated rings. The average Bonchev–Trinajstić information content (AvgIpc) is 2.50. The summed E-state index contributed by atoms with van der Waals surface area (Å²) in [4.78, 5) is 36.0. The summed E-state index contributed by atoms with van der Waals surface area (Å²) < 4.78 is 0. The van der Waals surface area contributed by atoms with Crippen molar-refractivity contribution in [2.75, 3.05) is 20.1 Å². The molecule has 112 valence electrons. The van der Waals surface area contributed by atoms with E-state index in [1.54, 1.807) is 12.1 Å². The van der Waals surface area contributed by atoms with Crippen LogP contribution in [0.15, 0.2) is 24.3 Å². The molecule has 0 bridgehead atoms. The second kappa shape index (κ2) is 6.25. The van der Waals surface area contributed by atoms with Gasteiger partial charge in [-0.25, -0.2) is 4.79 Å². The van der Waals surface area contributed by atoms with E-state index in [0.717, 1.165) is 11.1 Å². The lowest BCUT2D eigenvalue weighted by Crippen LogP contribution is -2.47. The van der Waals surface area contributed by atoms with Gasteiger partial charge in [-0.3, -0.25) is 9.59 Å². The first-order valence-corrected chi connectivity index (χ1v) is 6.57. The summed E-state index contributed by atoms with van der Waals surface area (Å²) in [6.07, 6.45) is 0. The minimum Gasteiger partial charge on any atom is -0.481 e. The third-order valence-electron chi connectivity index (χ3n) is 3.46. The van der Waals surface area contributed by atoms with Gasteiger partial charge >= 0.3 is 12.0 Å². The maximum Gasteiger partial charge on any atom is 0.318 e. The molecule has 0 spiro atoms. The molecule has 3 N–H and O–H groups in total. The van der Waals surface area contributed by atoms with Crippen molar-refractivity contribution in [2.45, 2.75) is 12.5 Å². The quantitative estimate of drug-likeness (QED) is 0.737. The van der Waals surface area contributed by atoms with E-state index in [1.807, 2.05) is 12.1 Å². The van der Waals surface area contributed by atoms with Crippen molar-refractivity contribution in [3.05, 3.63) is 35.4 Å². The second-order valence-electron chi connectivity index (χ2n) is 4.80. The third-order valence-corrected chi connectivity index (χ3v) is 3.46. The van der Waals surface area contributed by atoms with E-state index in [9.17, 15) is 19.5 Å². The Hall–Kier alpha value is -2.57. The minimum absolute atomic E-state index is 0.0892. The van der Waals surface area contributed by atoms with E-state index in [0.29, 0.717) is 6.54 Å². The number of fused-ring (bicyclic) bond motifs is 1. The predicted octanol–water partition coefficient (Wildman–Crippen LogP) is 0.126. The van der Waals surface area contributed by atoms with Crippen LogP contribution in [0, 0.1) is 0 Å². The lowest BCUT2D eigenvalue weighted by atomic mass is 9.90. The first-order chi connectivity index (χ1) is 10.0. The van der Waals surface area contributed by atoms with Gasteiger partial charge in [0.1, 0.15) is 0 Å². The molecule has 1 aromatic rings. The SMILES string of the molecule is CNC(=O)CNC(=O)N1Cc2ccccc2C(C(=O)O)C1. The maximum absolute atomic E-state index is 12.0. The number of hydrogen-bond donors (Lipinski definition) is 3. The van der Waals surface area contributed by atoms with Gasteiger partial charge in [-0.2, -0.15) is 0 Å². The molecule has 1 atom stereocenters. The highest BCUT2D eigenvalue weighted by molar-refractivity contribution is 5.85. The van der Waals surface area contributed by atoms with Crippen LogP contribution < -0.4 is 10.6 Å². The van der Waals surface area contributed by atoms with E-state index < -0.39 is 17.9 Å². The summed E-state index contributed by atoms with van der Waals surface area (Å²) in [6, 6.07) is 6.73. The van der Waals surface area contributed by atoms with Crippen LogP contribution >= 0.6 is 0 Å². The number of carbonyl (C=O) groups excluding carboxylic acids is 2. The molecule has 7 heteroatoms. The molecule has 0 radical (unpaired) electrons. The number of aliphatic carboxylic acids is 1. The fourth-order valence-electron chi connectivity index (χ4n) is 2.33. The minimum atomic E-state index is -0.966. The number of nitrogens with zero attached hydrogens (tertiary/aromatic N) is 1. The van der Waals surface area contributed by atoms with Crippen LogP contribution in [0.2, 0.25) is 0 Å². The lowest BCUT2D eigenvalue weighted by Gasteiger charge is -2.32. The summed E-state index contributed by atoms with van der Waals surface area (Å²) in [5.41, 5.74) is 1.55. The Balaban J connectivity index is 2.12. The van der Waals surface area contributed by atoms with E-state index in [1.165, 1.54) is 11.9 Å². The Labute approximate surface area is 121 Å². The number of urea groups is 1. The maximum atomic E-state index is 12.0. The molecule has 1 unspecified atom stereocenters. The summed E-state index contributed by atoms with van der Waals surface area (Å²) in [5, 5.41) is 14.2. The summed E-state index contributed by atoms with van der Waals surface area (Å²) in [6.45, 7) is 0.288. The molecule has 0 saturated heterocycles. The molecule has 0 aliphatic carbocycles. The van der Waals surface area contributed by atoms with E-state index in [-0.39, 0.29) is 19.0 Å². The molecule has 3 amide bonds. The highest BCUT2D eigenvalue weighted by Gasteiger charge is 2.32. The highest BCUT2D eigenvalue weighted by Crippen LogP contribution is 2.28. The zero-order valence-corrected chi connectivity index (χ0v) is 11.6. The third kappa shape index (κ3) is 3.31. The van der Waals surface area contributed by atoms with Crippen LogP contribution in [-0.4, -0.2) is 48.1 Å². The van der Waals surface area contributed by atoms with Gasteiger partial charge in [-0.15, -0.1) is 0 Å². The Morgan fingerprint density at radius 2 is 2.05 bits per heavy atom. The van der Waals surface area contributed by atoms with Crippen molar-refractivity contribution in [3.8, 4) is 0 Å². The fourth-order valence-corrected chi connectivity index (χ4v) is 2.33. The van der Waals surface area contributed by atoms with Gasteiger partial charge in [0.15, 0.2) is 0 Å². The van der Waals surface area contributed by atoms with Crippen molar-refractivity contribution in [1.29, 1.82) is 0 Å². The molecule has 1 aliphatic rings. The first-order valence-electron chi connectivity index (χ1n) is 6.57. The average molecular weight is 291 g/mol. The Bertz CT molecular complexity index is 573. The van der Waals surface area contributed by atoms with Crippen molar-refractivity contribution in [1.82, 2.24) is 15.5 Å². The molecule has 1 heterocycles. The van der Waals surface area contributed by atoms with Crippen LogP contribution in [0.25, 0.3) is 0 Å². The smallest absolute Gasteiger partial charge is 0.318 e. The second-order valence-corrected chi connectivity index (χ2v) is 4.80. The van der Waals surface area contributed by atoms with Gasteiger partial charge in [0.2, 0.25) is 5.91 Å². The molecular formula is C14H17N3O4. The van der Waals surface area contributed by atoms with Crippen LogP contribution in [0.5, 0.6) is 0 Å². The van der Waals surface area contributed by atoms with Crippen molar-refractivity contribution in [3.63, 3.8) is 0 Å². The number of carboxylic acid groups (broad SMARTS) is 1. The number of benzene rings is 1. The summed E-state index contributed by atoms with van der Waals surface area (Å²) >= 11 is 0. The van der Waals surface area contributed by atoms with Gasteiger partial charge < -0.3 is 20.6 Å². The topological polar surface area (TPSA) is 98.7 Å². The number of carboxylic acids is 1. The van der Waals surface area contributed by atoms with Gasteiger partial charge in [-0.05, 0) is 11.1 Å². The van der Waals surface area contributed by atoms with Crippen molar-refractivity contribution >= 4 is 17.9 Å². The largest absolute Gasteiger partial charge is 0.481 e. The Morgan fingerprint density at radius 1 is 1.33 bits per heavy atom. The zero-order valence-electron chi connectivity index (χ0n) is 11.6. The number of carbonyl (C=O) groups is 3. The van der Waals surface area contributed by atoms with Crippen LogP contribution in [0.3, 0.4) is 0 Å². The highest BCUT2D eigenvalue weighted by atomic mass is 16.4. The monoisotopic (exact) mass is 291 g/mol. The molecule has 2 rings (SSSR count). The molecule has 1 aromatic carbocycles. The van der Waals surface area contributed by atoms with Crippen LogP contribution in [0.4, 0.5) is 4.79 Å². The Morgan fingerprint density at radius 3 is 2.71 bits per heavy atom. The van der Waals surface area contributed by atoms with Crippen LogP contribution in [0.1, 0.15) is 17.0 Å². The Kier molecular flexibility index (Phi) is 4.42. The fraction of sp³-hybridized carbons (Fsp3) is 0.357. The van der Waals surface area contributed by atoms with E-state index in [4.69, 9.17) is 0 Å². The molecule has 1 aliphatic heterocycles. The number of likely N-dealkylation sites (N-methyl/N-ethyl adjacent to an activating group) is 1. The first kappa shape index (κ1) is 14.8. The van der Waals surface area contributed by atoms with Crippen molar-refractivity contribution < 1.29 is 19.5 Å². The number of hydrogen-bond acceptors (Lipinski definition) is 3. The molecule has 0 aromatic heterocycles. The van der Waals surface area contributed by atoms with Gasteiger partial charge in [0.25, 0.3) is 0 Å². The van der Waals surface area contributed by atoms with Gasteiger partial charge in [-0.1, -0.05) is 24.3 Å². The number of rotatable bonds is 3. The standard InChI is InChI=1S/C14H17N3O4/c1-15-12(18)6-16-14(21)17-7-9-4-2-3-5-10(9)11(8-17)13(19)20/h2-5,11H,6-8H2,1H3,(H,15,18)(H,16,21)(H,19,20). The van der Waals surface area contributed by atoms with Gasteiger partial charge in [0, 0.05) is 20.1 Å². The van der Waals surface area contributed by atoms with E-state index >= 15 is 0 Å². The van der Waals surface area contributed by atoms with Crippen molar-refractivity contribution in [2.24, 2.45) is 0 Å². The number of nitrogens with one attached hydrogen (secondary N) is 2. The molecule has 7 nitrogen and oxygen atoms in total. The van der Waals surface area contributed by atoms with Crippen LogP contribution in [-0.2, 0) is 16.1 Å². The zero-order chi connectivity index (χ0) is 15.4. The lowest BCUT2D eigenvalue weighted by molar-refractivity contribution is -0.139. The van der Waals surface area contributed by atoms with Gasteiger partial charge in [0.05, 0.1) is 12.5 Å². The molecule has 21 heavy (non-hydrogen) atoms. The number of amides is 3. The predicted molar refractivity (Wildman–Crippen MR) is 74.7 cm³/mol. The molecule has 0 saturated carbocycles. The van der Waals surface area contributed by atoms with E-state index in [2.05, 4.69) is 10.6 Å². The normalized spacial score (nSPS) is 16.8. The summed E-state index contributed by atoms with van der Waals surface area (Å²) in [5.74, 6) is -2.03. The summed E-state index contributed by atoms with van der Waals surface area (Å²) in [7, 11) is 1.48.